The molecule has 4 unspecified atom stereocenters. The standard InChI is InChI=1S/C35H45N3O7/c1-22(19-39)36-31(40)18-23-12-6-5-7-17-29(33(42)44-21-30(35(2,3)4)38-32(23)41)37-34(43)45-20-28-26-15-10-8-13-24(26)25-14-9-11-16-27(25)28/h5-6,8-11,13-16,22-23,28-30,39H,7,12,17-21H2,1-4H3,(H,36,40)(H,37,43)(H,38,41). The van der Waals surface area contributed by atoms with Gasteiger partial charge in [-0.3, -0.25) is 9.59 Å². The molecule has 4 rings (SSSR count). The van der Waals surface area contributed by atoms with Gasteiger partial charge in [0, 0.05) is 18.4 Å². The number of esters is 1. The number of nitrogens with one attached hydrogen (secondary N) is 3. The van der Waals surface area contributed by atoms with Gasteiger partial charge in [0.2, 0.25) is 11.8 Å². The van der Waals surface area contributed by atoms with Crippen LogP contribution in [0, 0.1) is 11.3 Å². The Morgan fingerprint density at radius 1 is 1.04 bits per heavy atom. The maximum absolute atomic E-state index is 13.3. The summed E-state index contributed by atoms with van der Waals surface area (Å²) in [5.74, 6) is -2.04. The normalized spacial score (nSPS) is 21.5. The maximum atomic E-state index is 13.3. The van der Waals surface area contributed by atoms with Crippen LogP contribution in [0.4, 0.5) is 4.79 Å². The molecule has 1 aliphatic heterocycles. The number of amides is 3. The van der Waals surface area contributed by atoms with E-state index in [1.54, 1.807) is 6.92 Å². The molecule has 0 bridgehead atoms. The number of hydrogen-bond acceptors (Lipinski definition) is 7. The lowest BCUT2D eigenvalue weighted by molar-refractivity contribution is -0.148. The molecule has 0 saturated carbocycles. The number of carbonyl (C=O) groups is 4. The quantitative estimate of drug-likeness (QED) is 0.269. The molecule has 45 heavy (non-hydrogen) atoms. The van der Waals surface area contributed by atoms with Crippen LogP contribution < -0.4 is 16.0 Å². The number of cyclic esters (lactones) is 1. The largest absolute Gasteiger partial charge is 0.462 e. The molecule has 10 heteroatoms. The van der Waals surface area contributed by atoms with Crippen LogP contribution in [0.5, 0.6) is 0 Å². The predicted molar refractivity (Wildman–Crippen MR) is 170 cm³/mol. The molecule has 0 radical (unpaired) electrons. The highest BCUT2D eigenvalue weighted by molar-refractivity contribution is 5.86. The second kappa shape index (κ2) is 15.2. The van der Waals surface area contributed by atoms with Gasteiger partial charge < -0.3 is 30.5 Å². The Morgan fingerprint density at radius 3 is 2.31 bits per heavy atom. The summed E-state index contributed by atoms with van der Waals surface area (Å²) in [7, 11) is 0. The van der Waals surface area contributed by atoms with Crippen molar-refractivity contribution in [3.8, 4) is 11.1 Å². The Balaban J connectivity index is 1.43. The summed E-state index contributed by atoms with van der Waals surface area (Å²) in [4.78, 5) is 52.1. The monoisotopic (exact) mass is 619 g/mol. The summed E-state index contributed by atoms with van der Waals surface area (Å²) in [6, 6.07) is 14.2. The van der Waals surface area contributed by atoms with Crippen molar-refractivity contribution in [3.63, 3.8) is 0 Å². The van der Waals surface area contributed by atoms with Gasteiger partial charge in [-0.05, 0) is 53.9 Å². The van der Waals surface area contributed by atoms with Crippen molar-refractivity contribution < 1.29 is 33.8 Å². The molecule has 2 aliphatic rings. The molecule has 2 aromatic carbocycles. The number of alkyl carbamates (subject to hydrolysis) is 1. The summed E-state index contributed by atoms with van der Waals surface area (Å²) in [5.41, 5.74) is 3.95. The van der Waals surface area contributed by atoms with Crippen LogP contribution in [-0.4, -0.2) is 66.9 Å². The third-order valence-electron chi connectivity index (χ3n) is 8.37. The molecule has 0 spiro atoms. The van der Waals surface area contributed by atoms with Crippen molar-refractivity contribution in [2.75, 3.05) is 19.8 Å². The van der Waals surface area contributed by atoms with Crippen LogP contribution in [0.1, 0.15) is 70.4 Å². The highest BCUT2D eigenvalue weighted by atomic mass is 16.6. The lowest BCUT2D eigenvalue weighted by atomic mass is 9.86. The van der Waals surface area contributed by atoms with E-state index in [0.717, 1.165) is 22.3 Å². The highest BCUT2D eigenvalue weighted by Crippen LogP contribution is 2.44. The molecule has 242 valence electrons. The van der Waals surface area contributed by atoms with Crippen molar-refractivity contribution in [3.05, 3.63) is 71.8 Å². The minimum absolute atomic E-state index is 0.0525. The van der Waals surface area contributed by atoms with Crippen LogP contribution in [-0.2, 0) is 23.9 Å². The molecule has 2 aromatic rings. The first-order chi connectivity index (χ1) is 21.5. The van der Waals surface area contributed by atoms with Gasteiger partial charge in [-0.2, -0.15) is 0 Å². The zero-order valence-corrected chi connectivity index (χ0v) is 26.5. The van der Waals surface area contributed by atoms with E-state index in [1.165, 1.54) is 0 Å². The van der Waals surface area contributed by atoms with E-state index in [2.05, 4.69) is 28.1 Å². The van der Waals surface area contributed by atoms with Crippen LogP contribution >= 0.6 is 0 Å². The summed E-state index contributed by atoms with van der Waals surface area (Å²) in [6.07, 6.45) is 3.87. The molecule has 10 nitrogen and oxygen atoms in total. The first-order valence-electron chi connectivity index (χ1n) is 15.6. The Labute approximate surface area is 264 Å². The number of aliphatic hydroxyl groups excluding tert-OH is 1. The molecule has 0 aromatic heterocycles. The SMILES string of the molecule is CC(CO)NC(=O)CC1CC=CCCC(NC(=O)OCC2c3ccccc3-c3ccccc32)C(=O)OCC(C(C)(C)C)NC1=O. The summed E-state index contributed by atoms with van der Waals surface area (Å²) in [5, 5.41) is 17.6. The average Bonchev–Trinajstić information content (AvgIpc) is 3.33. The maximum Gasteiger partial charge on any atom is 0.407 e. The number of ether oxygens (including phenoxy) is 2. The van der Waals surface area contributed by atoms with Gasteiger partial charge in [-0.15, -0.1) is 0 Å². The fourth-order valence-corrected chi connectivity index (χ4v) is 5.62. The van der Waals surface area contributed by atoms with Crippen LogP contribution in [0.3, 0.4) is 0 Å². The fourth-order valence-electron chi connectivity index (χ4n) is 5.62. The summed E-state index contributed by atoms with van der Waals surface area (Å²) < 4.78 is 11.3. The number of rotatable bonds is 7. The molecule has 4 atom stereocenters. The topological polar surface area (TPSA) is 143 Å². The molecule has 3 amide bonds. The van der Waals surface area contributed by atoms with Gasteiger partial charge in [0.15, 0.2) is 0 Å². The minimum atomic E-state index is -0.955. The van der Waals surface area contributed by atoms with Crippen molar-refractivity contribution in [1.29, 1.82) is 0 Å². The number of carbonyl (C=O) groups excluding carboxylic acids is 4. The Bertz CT molecular complexity index is 1350. The fraction of sp³-hybridized carbons (Fsp3) is 0.486. The number of fused-ring (bicyclic) bond motifs is 3. The smallest absolute Gasteiger partial charge is 0.407 e. The molecule has 4 N–H and O–H groups in total. The third kappa shape index (κ3) is 8.94. The van der Waals surface area contributed by atoms with E-state index in [-0.39, 0.29) is 50.4 Å². The molecular weight excluding hydrogens is 574 g/mol. The van der Waals surface area contributed by atoms with Gasteiger partial charge in [-0.25, -0.2) is 9.59 Å². The van der Waals surface area contributed by atoms with Gasteiger partial charge in [-0.1, -0.05) is 81.5 Å². The highest BCUT2D eigenvalue weighted by Gasteiger charge is 2.33. The molecule has 1 aliphatic carbocycles. The Hall–Kier alpha value is -4.18. The summed E-state index contributed by atoms with van der Waals surface area (Å²) >= 11 is 0. The van der Waals surface area contributed by atoms with E-state index >= 15 is 0 Å². The summed E-state index contributed by atoms with van der Waals surface area (Å²) in [6.45, 7) is 7.24. The average molecular weight is 620 g/mol. The first-order valence-corrected chi connectivity index (χ1v) is 15.6. The van der Waals surface area contributed by atoms with E-state index < -0.39 is 41.5 Å². The number of benzene rings is 2. The van der Waals surface area contributed by atoms with Crippen LogP contribution in [0.25, 0.3) is 11.1 Å². The van der Waals surface area contributed by atoms with Gasteiger partial charge >= 0.3 is 12.1 Å². The van der Waals surface area contributed by atoms with E-state index in [9.17, 15) is 24.3 Å². The molecule has 0 fully saturated rings. The van der Waals surface area contributed by atoms with Gasteiger partial charge in [0.25, 0.3) is 0 Å². The van der Waals surface area contributed by atoms with Gasteiger partial charge in [0.1, 0.15) is 19.3 Å². The second-order valence-electron chi connectivity index (χ2n) is 12.9. The lowest BCUT2D eigenvalue weighted by Gasteiger charge is -2.32. The van der Waals surface area contributed by atoms with Crippen molar-refractivity contribution in [2.45, 2.75) is 77.4 Å². The lowest BCUT2D eigenvalue weighted by Crippen LogP contribution is -2.50. The second-order valence-corrected chi connectivity index (χ2v) is 12.9. The van der Waals surface area contributed by atoms with Crippen molar-refractivity contribution >= 4 is 23.9 Å². The van der Waals surface area contributed by atoms with Crippen LogP contribution in [0.2, 0.25) is 0 Å². The van der Waals surface area contributed by atoms with E-state index in [0.29, 0.717) is 12.8 Å². The van der Waals surface area contributed by atoms with E-state index in [1.807, 2.05) is 69.3 Å². The predicted octanol–water partition coefficient (Wildman–Crippen LogP) is 4.21. The first kappa shape index (κ1) is 33.7. The zero-order valence-electron chi connectivity index (χ0n) is 26.5. The minimum Gasteiger partial charge on any atom is -0.462 e. The number of aliphatic hydroxyl groups is 1. The number of hydrogen-bond donors (Lipinski definition) is 4. The molecule has 1 heterocycles. The van der Waals surface area contributed by atoms with Gasteiger partial charge in [0.05, 0.1) is 18.6 Å². The zero-order chi connectivity index (χ0) is 32.6. The molecule has 0 saturated heterocycles. The molecular formula is C35H45N3O7. The van der Waals surface area contributed by atoms with E-state index in [4.69, 9.17) is 9.47 Å². The Morgan fingerprint density at radius 2 is 1.69 bits per heavy atom. The van der Waals surface area contributed by atoms with Crippen molar-refractivity contribution in [1.82, 2.24) is 16.0 Å². The Kier molecular flexibility index (Phi) is 11.4. The van der Waals surface area contributed by atoms with Crippen molar-refractivity contribution in [2.24, 2.45) is 11.3 Å². The number of allylic oxidation sites excluding steroid dienone is 2. The third-order valence-corrected chi connectivity index (χ3v) is 8.37. The van der Waals surface area contributed by atoms with Crippen LogP contribution in [0.15, 0.2) is 60.7 Å².